The summed E-state index contributed by atoms with van der Waals surface area (Å²) >= 11 is 0. The Bertz CT molecular complexity index is 360. The maximum absolute atomic E-state index is 11.0. The van der Waals surface area contributed by atoms with Crippen LogP contribution in [0.4, 0.5) is 5.69 Å². The SMILES string of the molecule is CCCNc1ccc2c(c1)CC(=O)O2. The molecule has 0 atom stereocenters. The molecular formula is C11H13NO2. The van der Waals surface area contributed by atoms with Gasteiger partial charge in [0.2, 0.25) is 0 Å². The molecule has 3 heteroatoms. The van der Waals surface area contributed by atoms with Crippen molar-refractivity contribution >= 4 is 11.7 Å². The van der Waals surface area contributed by atoms with Crippen molar-refractivity contribution in [1.29, 1.82) is 0 Å². The zero-order valence-electron chi connectivity index (χ0n) is 8.17. The summed E-state index contributed by atoms with van der Waals surface area (Å²) in [6.45, 7) is 3.07. The average Bonchev–Trinajstić information content (AvgIpc) is 2.54. The van der Waals surface area contributed by atoms with E-state index in [-0.39, 0.29) is 5.97 Å². The highest BCUT2D eigenvalue weighted by atomic mass is 16.5. The van der Waals surface area contributed by atoms with Crippen LogP contribution in [0.25, 0.3) is 0 Å². The molecule has 0 aromatic heterocycles. The number of anilines is 1. The standard InChI is InChI=1S/C11H13NO2/c1-2-5-12-9-3-4-10-8(6-9)7-11(13)14-10/h3-4,6,12H,2,5,7H2,1H3. The molecular weight excluding hydrogens is 178 g/mol. The van der Waals surface area contributed by atoms with Crippen LogP contribution in [-0.4, -0.2) is 12.5 Å². The van der Waals surface area contributed by atoms with Crippen LogP contribution in [0.5, 0.6) is 5.75 Å². The topological polar surface area (TPSA) is 38.3 Å². The number of hydrogen-bond donors (Lipinski definition) is 1. The first-order valence-corrected chi connectivity index (χ1v) is 4.87. The van der Waals surface area contributed by atoms with Gasteiger partial charge in [0.05, 0.1) is 6.42 Å². The number of esters is 1. The van der Waals surface area contributed by atoms with E-state index in [1.165, 1.54) is 0 Å². The second-order valence-corrected chi connectivity index (χ2v) is 3.40. The van der Waals surface area contributed by atoms with E-state index in [4.69, 9.17) is 4.74 Å². The summed E-state index contributed by atoms with van der Waals surface area (Å²) in [4.78, 5) is 11.0. The lowest BCUT2D eigenvalue weighted by atomic mass is 10.1. The van der Waals surface area contributed by atoms with Gasteiger partial charge in [-0.25, -0.2) is 0 Å². The minimum Gasteiger partial charge on any atom is -0.426 e. The smallest absolute Gasteiger partial charge is 0.315 e. The molecule has 0 saturated carbocycles. The molecule has 0 aliphatic carbocycles. The molecule has 0 fully saturated rings. The van der Waals surface area contributed by atoms with E-state index in [1.54, 1.807) is 0 Å². The van der Waals surface area contributed by atoms with E-state index in [9.17, 15) is 4.79 Å². The summed E-state index contributed by atoms with van der Waals surface area (Å²) in [5.74, 6) is 0.546. The van der Waals surface area contributed by atoms with Crippen molar-refractivity contribution in [2.45, 2.75) is 19.8 Å². The quantitative estimate of drug-likeness (QED) is 0.586. The molecule has 1 heterocycles. The van der Waals surface area contributed by atoms with Crippen LogP contribution in [0.3, 0.4) is 0 Å². The molecule has 3 nitrogen and oxygen atoms in total. The largest absolute Gasteiger partial charge is 0.426 e. The molecule has 74 valence electrons. The first-order chi connectivity index (χ1) is 6.79. The molecule has 14 heavy (non-hydrogen) atoms. The van der Waals surface area contributed by atoms with Crippen LogP contribution >= 0.6 is 0 Å². The first-order valence-electron chi connectivity index (χ1n) is 4.87. The number of carbonyl (C=O) groups is 1. The fraction of sp³-hybridized carbons (Fsp3) is 0.364. The van der Waals surface area contributed by atoms with Gasteiger partial charge in [-0.3, -0.25) is 4.79 Å². The van der Waals surface area contributed by atoms with Crippen LogP contribution in [0, 0.1) is 0 Å². The Morgan fingerprint density at radius 3 is 3.14 bits per heavy atom. The number of fused-ring (bicyclic) bond motifs is 1. The zero-order chi connectivity index (χ0) is 9.97. The van der Waals surface area contributed by atoms with Gasteiger partial charge in [-0.05, 0) is 24.6 Å². The van der Waals surface area contributed by atoms with E-state index in [0.717, 1.165) is 24.2 Å². The van der Waals surface area contributed by atoms with Gasteiger partial charge in [0.1, 0.15) is 5.75 Å². The Morgan fingerprint density at radius 2 is 2.36 bits per heavy atom. The van der Waals surface area contributed by atoms with Crippen molar-refractivity contribution in [3.8, 4) is 5.75 Å². The van der Waals surface area contributed by atoms with E-state index in [0.29, 0.717) is 12.2 Å². The van der Waals surface area contributed by atoms with Gasteiger partial charge in [0.25, 0.3) is 0 Å². The van der Waals surface area contributed by atoms with Crippen molar-refractivity contribution in [3.63, 3.8) is 0 Å². The monoisotopic (exact) mass is 191 g/mol. The van der Waals surface area contributed by atoms with E-state index in [2.05, 4.69) is 12.2 Å². The zero-order valence-corrected chi connectivity index (χ0v) is 8.17. The highest BCUT2D eigenvalue weighted by Crippen LogP contribution is 2.28. The highest BCUT2D eigenvalue weighted by molar-refractivity contribution is 5.81. The van der Waals surface area contributed by atoms with Crippen molar-refractivity contribution < 1.29 is 9.53 Å². The fourth-order valence-electron chi connectivity index (χ4n) is 1.51. The summed E-state index contributed by atoms with van der Waals surface area (Å²) < 4.78 is 5.00. The maximum atomic E-state index is 11.0. The van der Waals surface area contributed by atoms with Crippen molar-refractivity contribution in [2.24, 2.45) is 0 Å². The lowest BCUT2D eigenvalue weighted by Crippen LogP contribution is -2.00. The molecule has 2 rings (SSSR count). The normalized spacial score (nSPS) is 13.6. The number of ether oxygens (including phenoxy) is 1. The molecule has 0 radical (unpaired) electrons. The number of carbonyl (C=O) groups excluding carboxylic acids is 1. The first kappa shape index (κ1) is 9.06. The minimum atomic E-state index is -0.160. The van der Waals surface area contributed by atoms with Crippen LogP contribution in [-0.2, 0) is 11.2 Å². The molecule has 1 N–H and O–H groups in total. The maximum Gasteiger partial charge on any atom is 0.315 e. The molecule has 0 saturated heterocycles. The number of benzene rings is 1. The summed E-state index contributed by atoms with van der Waals surface area (Å²) in [7, 11) is 0. The summed E-state index contributed by atoms with van der Waals surface area (Å²) in [6, 6.07) is 5.77. The summed E-state index contributed by atoms with van der Waals surface area (Å²) in [5.41, 5.74) is 2.04. The van der Waals surface area contributed by atoms with E-state index >= 15 is 0 Å². The van der Waals surface area contributed by atoms with Crippen LogP contribution in [0.2, 0.25) is 0 Å². The Morgan fingerprint density at radius 1 is 1.50 bits per heavy atom. The second-order valence-electron chi connectivity index (χ2n) is 3.40. The Hall–Kier alpha value is -1.51. The Balaban J connectivity index is 2.16. The van der Waals surface area contributed by atoms with Crippen molar-refractivity contribution in [2.75, 3.05) is 11.9 Å². The Labute approximate surface area is 83.1 Å². The van der Waals surface area contributed by atoms with Gasteiger partial charge < -0.3 is 10.1 Å². The van der Waals surface area contributed by atoms with Gasteiger partial charge in [0, 0.05) is 17.8 Å². The summed E-state index contributed by atoms with van der Waals surface area (Å²) in [5, 5.41) is 3.27. The average molecular weight is 191 g/mol. The molecule has 0 amide bonds. The van der Waals surface area contributed by atoms with Crippen molar-refractivity contribution in [1.82, 2.24) is 0 Å². The van der Waals surface area contributed by atoms with E-state index in [1.807, 2.05) is 18.2 Å². The lowest BCUT2D eigenvalue weighted by molar-refractivity contribution is -0.131. The third-order valence-corrected chi connectivity index (χ3v) is 2.20. The van der Waals surface area contributed by atoms with Crippen LogP contribution in [0.15, 0.2) is 18.2 Å². The summed E-state index contributed by atoms with van der Waals surface area (Å²) in [6.07, 6.45) is 1.49. The molecule has 1 aromatic carbocycles. The van der Waals surface area contributed by atoms with Gasteiger partial charge in [-0.1, -0.05) is 6.92 Å². The third kappa shape index (κ3) is 1.71. The van der Waals surface area contributed by atoms with Crippen LogP contribution in [0.1, 0.15) is 18.9 Å². The molecule has 0 spiro atoms. The number of rotatable bonds is 3. The fourth-order valence-corrected chi connectivity index (χ4v) is 1.51. The van der Waals surface area contributed by atoms with E-state index < -0.39 is 0 Å². The molecule has 1 aromatic rings. The van der Waals surface area contributed by atoms with Gasteiger partial charge in [-0.2, -0.15) is 0 Å². The molecule has 0 unspecified atom stereocenters. The van der Waals surface area contributed by atoms with Crippen LogP contribution < -0.4 is 10.1 Å². The lowest BCUT2D eigenvalue weighted by Gasteiger charge is -2.05. The third-order valence-electron chi connectivity index (χ3n) is 2.20. The van der Waals surface area contributed by atoms with Gasteiger partial charge in [-0.15, -0.1) is 0 Å². The highest BCUT2D eigenvalue weighted by Gasteiger charge is 2.19. The predicted molar refractivity (Wildman–Crippen MR) is 54.6 cm³/mol. The minimum absolute atomic E-state index is 0.160. The molecule has 1 aliphatic heterocycles. The Kier molecular flexibility index (Phi) is 2.39. The molecule has 1 aliphatic rings. The predicted octanol–water partition coefficient (Wildman–Crippen LogP) is 1.97. The number of hydrogen-bond acceptors (Lipinski definition) is 3. The van der Waals surface area contributed by atoms with Gasteiger partial charge in [0.15, 0.2) is 0 Å². The number of nitrogens with one attached hydrogen (secondary N) is 1. The van der Waals surface area contributed by atoms with Gasteiger partial charge >= 0.3 is 5.97 Å². The molecule has 0 bridgehead atoms. The van der Waals surface area contributed by atoms with Crippen molar-refractivity contribution in [3.05, 3.63) is 23.8 Å². The second kappa shape index (κ2) is 3.70.